The van der Waals surface area contributed by atoms with Crippen molar-refractivity contribution in [2.24, 2.45) is 0 Å². The van der Waals surface area contributed by atoms with Gasteiger partial charge in [0, 0.05) is 29.7 Å². The molecular formula is C25H30Cl2N4O3S2. The molecule has 1 aliphatic heterocycles. The Bertz CT molecular complexity index is 1340. The van der Waals surface area contributed by atoms with E-state index in [1.165, 1.54) is 27.8 Å². The van der Waals surface area contributed by atoms with Gasteiger partial charge in [-0.2, -0.15) is 4.31 Å². The van der Waals surface area contributed by atoms with Crippen molar-refractivity contribution in [1.82, 2.24) is 14.2 Å². The number of likely N-dealkylation sites (N-methyl/N-ethyl adjacent to an activating group) is 1. The predicted molar refractivity (Wildman–Crippen MR) is 148 cm³/mol. The highest BCUT2D eigenvalue weighted by molar-refractivity contribution is 7.89. The molecule has 2 aromatic carbocycles. The number of nitrogens with zero attached hydrogens (tertiary/aromatic N) is 4. The summed E-state index contributed by atoms with van der Waals surface area (Å²) in [4.78, 5) is 22.8. The lowest BCUT2D eigenvalue weighted by Gasteiger charge is -2.30. The van der Waals surface area contributed by atoms with Crippen LogP contribution in [0.3, 0.4) is 0 Å². The second-order valence-corrected chi connectivity index (χ2v) is 12.5. The Balaban J connectivity index is 1.70. The van der Waals surface area contributed by atoms with Crippen molar-refractivity contribution in [2.45, 2.75) is 44.6 Å². The highest BCUT2D eigenvalue weighted by Gasteiger charge is 2.42. The summed E-state index contributed by atoms with van der Waals surface area (Å²) < 4.78 is 29.2. The molecule has 0 spiro atoms. The molecule has 0 N–H and O–H groups in total. The zero-order chi connectivity index (χ0) is 26.0. The first-order valence-corrected chi connectivity index (χ1v) is 15.0. The minimum Gasteiger partial charge on any atom is -0.302 e. The number of fused-ring (bicyclic) bond motifs is 1. The van der Waals surface area contributed by atoms with Crippen molar-refractivity contribution >= 4 is 65.8 Å². The molecule has 1 aliphatic rings. The number of halogens is 2. The lowest BCUT2D eigenvalue weighted by atomic mass is 10.2. The average molecular weight is 570 g/mol. The Labute approximate surface area is 226 Å². The average Bonchev–Trinajstić information content (AvgIpc) is 3.53. The van der Waals surface area contributed by atoms with Gasteiger partial charge in [-0.25, -0.2) is 13.4 Å². The molecule has 194 valence electrons. The van der Waals surface area contributed by atoms with Gasteiger partial charge in [0.25, 0.3) is 0 Å². The molecule has 1 saturated heterocycles. The van der Waals surface area contributed by atoms with Crippen molar-refractivity contribution in [3.63, 3.8) is 0 Å². The maximum absolute atomic E-state index is 14.0. The topological polar surface area (TPSA) is 73.8 Å². The van der Waals surface area contributed by atoms with Crippen molar-refractivity contribution in [3.05, 3.63) is 52.0 Å². The van der Waals surface area contributed by atoms with Crippen molar-refractivity contribution < 1.29 is 13.2 Å². The van der Waals surface area contributed by atoms with Crippen LogP contribution in [-0.4, -0.2) is 67.3 Å². The number of thiazole rings is 1. The smallest absolute Gasteiger partial charge is 0.247 e. The van der Waals surface area contributed by atoms with E-state index < -0.39 is 16.1 Å². The second-order valence-electron chi connectivity index (χ2n) is 8.76. The van der Waals surface area contributed by atoms with Gasteiger partial charge in [0.15, 0.2) is 5.13 Å². The minimum absolute atomic E-state index is 0.131. The number of aryl methyl sites for hydroxylation is 1. The molecule has 0 radical (unpaired) electrons. The molecule has 2 heterocycles. The Morgan fingerprint density at radius 3 is 2.47 bits per heavy atom. The van der Waals surface area contributed by atoms with Gasteiger partial charge in [0.05, 0.1) is 15.1 Å². The summed E-state index contributed by atoms with van der Waals surface area (Å²) in [5, 5.41) is 1.64. The monoisotopic (exact) mass is 568 g/mol. The summed E-state index contributed by atoms with van der Waals surface area (Å²) in [5.74, 6) is -0.250. The number of carbonyl (C=O) groups excluding carboxylic acids is 1. The van der Waals surface area contributed by atoms with Gasteiger partial charge in [0.1, 0.15) is 6.04 Å². The molecule has 36 heavy (non-hydrogen) atoms. The molecule has 11 heteroatoms. The highest BCUT2D eigenvalue weighted by Crippen LogP contribution is 2.35. The third-order valence-corrected chi connectivity index (χ3v) is 10.3. The lowest BCUT2D eigenvalue weighted by molar-refractivity contribution is -0.121. The molecule has 4 rings (SSSR count). The van der Waals surface area contributed by atoms with E-state index in [9.17, 15) is 13.2 Å². The standard InChI is InChI=1S/C25H30Cl2N4O3S2/c1-4-29(5-2)15-16-30(25-28-23-17(3)20(27)12-13-22(23)35-25)24(32)21-7-6-14-31(21)36(33,34)19-10-8-18(26)9-11-19/h8-13,21H,4-7,14-16H2,1-3H3. The Morgan fingerprint density at radius 1 is 1.11 bits per heavy atom. The molecule has 1 atom stereocenters. The van der Waals surface area contributed by atoms with E-state index in [1.807, 2.05) is 19.1 Å². The number of hydrogen-bond acceptors (Lipinski definition) is 6. The fourth-order valence-corrected chi connectivity index (χ4v) is 7.47. The van der Waals surface area contributed by atoms with Crippen LogP contribution < -0.4 is 4.90 Å². The fraction of sp³-hybridized carbons (Fsp3) is 0.440. The van der Waals surface area contributed by atoms with E-state index in [1.54, 1.807) is 17.0 Å². The summed E-state index contributed by atoms with van der Waals surface area (Å²) in [7, 11) is -3.86. The van der Waals surface area contributed by atoms with Crippen LogP contribution in [0, 0.1) is 6.92 Å². The SMILES string of the molecule is CCN(CC)CCN(C(=O)C1CCCN1S(=O)(=O)c1ccc(Cl)cc1)c1nc2c(C)c(Cl)ccc2s1. The molecule has 1 fully saturated rings. The quantitative estimate of drug-likeness (QED) is 0.343. The second kappa shape index (κ2) is 11.3. The summed E-state index contributed by atoms with van der Waals surface area (Å²) >= 11 is 13.7. The molecule has 7 nitrogen and oxygen atoms in total. The molecule has 1 amide bonds. The Kier molecular flexibility index (Phi) is 8.59. The number of sulfonamides is 1. The van der Waals surface area contributed by atoms with Crippen LogP contribution in [0.4, 0.5) is 5.13 Å². The largest absolute Gasteiger partial charge is 0.302 e. The van der Waals surface area contributed by atoms with Crippen LogP contribution in [-0.2, 0) is 14.8 Å². The van der Waals surface area contributed by atoms with Gasteiger partial charge in [-0.05, 0) is 74.8 Å². The van der Waals surface area contributed by atoms with Gasteiger partial charge in [-0.3, -0.25) is 9.69 Å². The van der Waals surface area contributed by atoms with Gasteiger partial charge >= 0.3 is 0 Å². The van der Waals surface area contributed by atoms with E-state index in [-0.39, 0.29) is 10.8 Å². The molecule has 0 saturated carbocycles. The van der Waals surface area contributed by atoms with Crippen molar-refractivity contribution in [1.29, 1.82) is 0 Å². The van der Waals surface area contributed by atoms with E-state index in [4.69, 9.17) is 28.2 Å². The first kappa shape index (κ1) is 27.3. The van der Waals surface area contributed by atoms with Gasteiger partial charge in [0.2, 0.25) is 15.9 Å². The van der Waals surface area contributed by atoms with Gasteiger partial charge in [-0.1, -0.05) is 48.4 Å². The van der Waals surface area contributed by atoms with Crippen LogP contribution in [0.25, 0.3) is 10.2 Å². The number of carbonyl (C=O) groups is 1. The van der Waals surface area contributed by atoms with Crippen LogP contribution in [0.5, 0.6) is 0 Å². The maximum atomic E-state index is 14.0. The number of amides is 1. The number of hydrogen-bond donors (Lipinski definition) is 0. The summed E-state index contributed by atoms with van der Waals surface area (Å²) in [5.41, 5.74) is 1.63. The van der Waals surface area contributed by atoms with E-state index >= 15 is 0 Å². The number of rotatable bonds is 9. The third-order valence-electron chi connectivity index (χ3n) is 6.68. The molecular weight excluding hydrogens is 539 g/mol. The van der Waals surface area contributed by atoms with E-state index in [2.05, 4.69) is 18.7 Å². The van der Waals surface area contributed by atoms with Gasteiger partial charge in [-0.15, -0.1) is 0 Å². The van der Waals surface area contributed by atoms with Crippen LogP contribution in [0.2, 0.25) is 10.0 Å². The Morgan fingerprint density at radius 2 is 1.81 bits per heavy atom. The van der Waals surface area contributed by atoms with Gasteiger partial charge < -0.3 is 4.90 Å². The summed E-state index contributed by atoms with van der Waals surface area (Å²) in [6.45, 7) is 9.14. The molecule has 1 unspecified atom stereocenters. The number of anilines is 1. The minimum atomic E-state index is -3.86. The van der Waals surface area contributed by atoms with Crippen LogP contribution >= 0.6 is 34.5 Å². The lowest BCUT2D eigenvalue weighted by Crippen LogP contribution is -2.49. The molecule has 3 aromatic rings. The zero-order valence-electron chi connectivity index (χ0n) is 20.6. The third kappa shape index (κ3) is 5.42. The highest BCUT2D eigenvalue weighted by atomic mass is 35.5. The van der Waals surface area contributed by atoms with Crippen LogP contribution in [0.15, 0.2) is 41.3 Å². The molecule has 0 bridgehead atoms. The number of aromatic nitrogens is 1. The number of benzene rings is 2. The first-order chi connectivity index (χ1) is 17.2. The molecule has 0 aliphatic carbocycles. The van der Waals surface area contributed by atoms with E-state index in [0.29, 0.717) is 47.7 Å². The summed E-state index contributed by atoms with van der Waals surface area (Å²) in [6.07, 6.45) is 1.07. The van der Waals surface area contributed by atoms with Crippen molar-refractivity contribution in [3.8, 4) is 0 Å². The Hall–Kier alpha value is -1.75. The fourth-order valence-electron chi connectivity index (χ4n) is 4.48. The first-order valence-electron chi connectivity index (χ1n) is 12.0. The van der Waals surface area contributed by atoms with E-state index in [0.717, 1.165) is 28.9 Å². The van der Waals surface area contributed by atoms with Crippen LogP contribution in [0.1, 0.15) is 32.3 Å². The predicted octanol–water partition coefficient (Wildman–Crippen LogP) is 5.44. The van der Waals surface area contributed by atoms with Crippen molar-refractivity contribution in [2.75, 3.05) is 37.6 Å². The zero-order valence-corrected chi connectivity index (χ0v) is 23.7. The maximum Gasteiger partial charge on any atom is 0.247 e. The normalized spacial score (nSPS) is 16.8. The molecule has 1 aromatic heterocycles. The summed E-state index contributed by atoms with van der Waals surface area (Å²) in [6, 6.07) is 9.01.